The molecule has 0 aliphatic carbocycles. The molecule has 2 aromatic rings. The topological polar surface area (TPSA) is 21.3 Å². The van der Waals surface area contributed by atoms with Crippen LogP contribution in [0.3, 0.4) is 0 Å². The maximum Gasteiger partial charge on any atom is 0.118 e. The first-order chi connectivity index (χ1) is 9.99. The van der Waals surface area contributed by atoms with Crippen molar-refractivity contribution in [1.29, 1.82) is 0 Å². The molecule has 1 unspecified atom stereocenters. The molecule has 0 spiro atoms. The highest BCUT2D eigenvalue weighted by Crippen LogP contribution is 2.30. The van der Waals surface area contributed by atoms with E-state index < -0.39 is 0 Å². The fourth-order valence-corrected chi connectivity index (χ4v) is 2.92. The Morgan fingerprint density at radius 1 is 1.24 bits per heavy atom. The van der Waals surface area contributed by atoms with Gasteiger partial charge < -0.3 is 10.1 Å². The summed E-state index contributed by atoms with van der Waals surface area (Å²) in [6.07, 6.45) is 0.932. The van der Waals surface area contributed by atoms with Crippen LogP contribution in [0.5, 0.6) is 5.75 Å². The lowest BCUT2D eigenvalue weighted by atomic mass is 10.1. The summed E-state index contributed by atoms with van der Waals surface area (Å²) < 4.78 is 6.21. The molecule has 0 aliphatic heterocycles. The second kappa shape index (κ2) is 7.19. The molecule has 0 amide bonds. The Labute approximate surface area is 139 Å². The number of ether oxygens (including phenoxy) is 1. The molecule has 0 heterocycles. The van der Waals surface area contributed by atoms with Crippen LogP contribution in [0, 0.1) is 6.92 Å². The van der Waals surface area contributed by atoms with Crippen LogP contribution in [0.25, 0.3) is 0 Å². The Balaban J connectivity index is 2.04. The van der Waals surface area contributed by atoms with E-state index in [1.54, 1.807) is 7.11 Å². The first-order valence-electron chi connectivity index (χ1n) is 6.84. The highest BCUT2D eigenvalue weighted by atomic mass is 79.9. The number of methoxy groups -OCH3 is 1. The number of anilines is 1. The van der Waals surface area contributed by atoms with E-state index in [9.17, 15) is 0 Å². The van der Waals surface area contributed by atoms with Crippen LogP contribution in [0.2, 0.25) is 5.02 Å². The molecule has 4 heteroatoms. The number of hydrogen-bond donors (Lipinski definition) is 1. The minimum atomic E-state index is 0.300. The predicted octanol–water partition coefficient (Wildman–Crippen LogP) is 5.46. The van der Waals surface area contributed by atoms with Crippen LogP contribution in [0.15, 0.2) is 40.9 Å². The van der Waals surface area contributed by atoms with E-state index in [2.05, 4.69) is 40.3 Å². The number of rotatable bonds is 5. The number of hydrogen-bond acceptors (Lipinski definition) is 2. The Morgan fingerprint density at radius 3 is 2.52 bits per heavy atom. The second-order valence-corrected chi connectivity index (χ2v) is 6.44. The minimum Gasteiger partial charge on any atom is -0.497 e. The fourth-order valence-electron chi connectivity index (χ4n) is 2.19. The van der Waals surface area contributed by atoms with E-state index in [0.717, 1.165) is 32.9 Å². The van der Waals surface area contributed by atoms with Crippen molar-refractivity contribution in [3.8, 4) is 5.75 Å². The maximum atomic E-state index is 6.19. The van der Waals surface area contributed by atoms with Gasteiger partial charge in [-0.2, -0.15) is 0 Å². The molecule has 0 saturated heterocycles. The first-order valence-corrected chi connectivity index (χ1v) is 8.02. The predicted molar refractivity (Wildman–Crippen MR) is 93.7 cm³/mol. The average molecular weight is 369 g/mol. The van der Waals surface area contributed by atoms with E-state index in [1.807, 2.05) is 31.2 Å². The van der Waals surface area contributed by atoms with Gasteiger partial charge in [-0.3, -0.25) is 0 Å². The van der Waals surface area contributed by atoms with Crippen LogP contribution in [-0.2, 0) is 6.42 Å². The highest BCUT2D eigenvalue weighted by Gasteiger charge is 2.08. The maximum absolute atomic E-state index is 6.19. The van der Waals surface area contributed by atoms with Gasteiger partial charge in [0, 0.05) is 15.5 Å². The van der Waals surface area contributed by atoms with Crippen LogP contribution in [0.1, 0.15) is 18.1 Å². The standard InChI is InChI=1S/C17H19BrClNO/c1-11-8-15(18)17(10-16(11)19)20-12(2)9-13-4-6-14(21-3)7-5-13/h4-8,10,12,20H,9H2,1-3H3. The molecule has 0 fully saturated rings. The van der Waals surface area contributed by atoms with Crippen molar-refractivity contribution in [3.05, 3.63) is 57.0 Å². The molecule has 1 atom stereocenters. The number of nitrogens with one attached hydrogen (secondary N) is 1. The molecule has 0 saturated carbocycles. The Bertz CT molecular complexity index is 613. The van der Waals surface area contributed by atoms with Crippen molar-refractivity contribution >= 4 is 33.2 Å². The Kier molecular flexibility index (Phi) is 5.54. The van der Waals surface area contributed by atoms with Gasteiger partial charge in [-0.1, -0.05) is 23.7 Å². The molecule has 0 bridgehead atoms. The van der Waals surface area contributed by atoms with E-state index in [-0.39, 0.29) is 0 Å². The summed E-state index contributed by atoms with van der Waals surface area (Å²) in [6.45, 7) is 4.15. The SMILES string of the molecule is COc1ccc(CC(C)Nc2cc(Cl)c(C)cc2Br)cc1. The molecule has 0 radical (unpaired) electrons. The third-order valence-electron chi connectivity index (χ3n) is 3.35. The van der Waals surface area contributed by atoms with Gasteiger partial charge in [0.15, 0.2) is 0 Å². The van der Waals surface area contributed by atoms with Gasteiger partial charge in [0.2, 0.25) is 0 Å². The zero-order valence-corrected chi connectivity index (χ0v) is 14.8. The Hall–Kier alpha value is -1.19. The van der Waals surface area contributed by atoms with E-state index >= 15 is 0 Å². The number of aryl methyl sites for hydroxylation is 1. The van der Waals surface area contributed by atoms with Crippen molar-refractivity contribution in [2.24, 2.45) is 0 Å². The van der Waals surface area contributed by atoms with Gasteiger partial charge in [0.25, 0.3) is 0 Å². The largest absolute Gasteiger partial charge is 0.497 e. The van der Waals surface area contributed by atoms with Crippen molar-refractivity contribution < 1.29 is 4.74 Å². The quantitative estimate of drug-likeness (QED) is 0.756. The summed E-state index contributed by atoms with van der Waals surface area (Å²) in [4.78, 5) is 0. The molecule has 0 aliphatic rings. The number of halogens is 2. The molecule has 0 aromatic heterocycles. The average Bonchev–Trinajstić information content (AvgIpc) is 2.45. The Morgan fingerprint density at radius 2 is 1.90 bits per heavy atom. The van der Waals surface area contributed by atoms with Crippen LogP contribution in [-0.4, -0.2) is 13.2 Å². The molecular formula is C17H19BrClNO. The smallest absolute Gasteiger partial charge is 0.118 e. The lowest BCUT2D eigenvalue weighted by molar-refractivity contribution is 0.414. The molecule has 112 valence electrons. The minimum absolute atomic E-state index is 0.300. The molecule has 1 N–H and O–H groups in total. The fraction of sp³-hybridized carbons (Fsp3) is 0.294. The van der Waals surface area contributed by atoms with Gasteiger partial charge in [-0.15, -0.1) is 0 Å². The van der Waals surface area contributed by atoms with Gasteiger partial charge in [-0.25, -0.2) is 0 Å². The second-order valence-electron chi connectivity index (χ2n) is 5.18. The monoisotopic (exact) mass is 367 g/mol. The summed E-state index contributed by atoms with van der Waals surface area (Å²) in [7, 11) is 1.68. The molecular weight excluding hydrogens is 350 g/mol. The molecule has 2 rings (SSSR count). The van der Waals surface area contributed by atoms with Crippen molar-refractivity contribution in [2.75, 3.05) is 12.4 Å². The molecule has 2 nitrogen and oxygen atoms in total. The third kappa shape index (κ3) is 4.39. The van der Waals surface area contributed by atoms with E-state index in [0.29, 0.717) is 6.04 Å². The first kappa shape index (κ1) is 16.2. The lowest BCUT2D eigenvalue weighted by Gasteiger charge is -2.17. The van der Waals surface area contributed by atoms with Crippen LogP contribution >= 0.6 is 27.5 Å². The van der Waals surface area contributed by atoms with Gasteiger partial charge in [0.05, 0.1) is 12.8 Å². The highest BCUT2D eigenvalue weighted by molar-refractivity contribution is 9.10. The van der Waals surface area contributed by atoms with E-state index in [1.165, 1.54) is 5.56 Å². The summed E-state index contributed by atoms with van der Waals surface area (Å²) in [5, 5.41) is 4.27. The normalized spacial score (nSPS) is 12.0. The zero-order valence-electron chi connectivity index (χ0n) is 12.4. The van der Waals surface area contributed by atoms with Gasteiger partial charge in [0.1, 0.15) is 5.75 Å². The lowest BCUT2D eigenvalue weighted by Crippen LogP contribution is -2.18. The van der Waals surface area contributed by atoms with E-state index in [4.69, 9.17) is 16.3 Å². The van der Waals surface area contributed by atoms with Crippen LogP contribution < -0.4 is 10.1 Å². The summed E-state index contributed by atoms with van der Waals surface area (Å²) >= 11 is 9.76. The summed E-state index contributed by atoms with van der Waals surface area (Å²) in [5.41, 5.74) is 3.36. The summed E-state index contributed by atoms with van der Waals surface area (Å²) in [5.74, 6) is 0.882. The molecule has 21 heavy (non-hydrogen) atoms. The zero-order chi connectivity index (χ0) is 15.4. The van der Waals surface area contributed by atoms with Crippen molar-refractivity contribution in [2.45, 2.75) is 26.3 Å². The van der Waals surface area contributed by atoms with Crippen molar-refractivity contribution in [3.63, 3.8) is 0 Å². The summed E-state index contributed by atoms with van der Waals surface area (Å²) in [6, 6.07) is 12.5. The van der Waals surface area contributed by atoms with Crippen LogP contribution in [0.4, 0.5) is 5.69 Å². The van der Waals surface area contributed by atoms with Gasteiger partial charge in [-0.05, 0) is 71.6 Å². The van der Waals surface area contributed by atoms with Gasteiger partial charge >= 0.3 is 0 Å². The molecule has 2 aromatic carbocycles. The number of benzene rings is 2. The third-order valence-corrected chi connectivity index (χ3v) is 4.41. The van der Waals surface area contributed by atoms with Crippen molar-refractivity contribution in [1.82, 2.24) is 0 Å².